The van der Waals surface area contributed by atoms with Crippen molar-refractivity contribution in [1.82, 2.24) is 0 Å². The van der Waals surface area contributed by atoms with Crippen LogP contribution in [0.4, 0.5) is 0 Å². The Balaban J connectivity index is 2.49. The van der Waals surface area contributed by atoms with Gasteiger partial charge in [0.15, 0.2) is 0 Å². The van der Waals surface area contributed by atoms with E-state index >= 15 is 0 Å². The number of hydrogen-bond donors (Lipinski definition) is 0. The third-order valence-electron chi connectivity index (χ3n) is 3.40. The Labute approximate surface area is 115 Å². The van der Waals surface area contributed by atoms with Gasteiger partial charge in [0, 0.05) is 17.9 Å². The highest BCUT2D eigenvalue weighted by atomic mass is 16.5. The summed E-state index contributed by atoms with van der Waals surface area (Å²) in [5, 5.41) is 0. The molecule has 1 aliphatic heterocycles. The molecule has 1 aromatic carbocycles. The molecule has 0 N–H and O–H groups in total. The van der Waals surface area contributed by atoms with Gasteiger partial charge < -0.3 is 4.74 Å². The first-order valence-electron chi connectivity index (χ1n) is 6.63. The molecule has 0 aliphatic carbocycles. The van der Waals surface area contributed by atoms with E-state index in [0.29, 0.717) is 5.92 Å². The van der Waals surface area contributed by atoms with E-state index in [2.05, 4.69) is 31.9 Å². The Morgan fingerprint density at radius 2 is 1.74 bits per heavy atom. The summed E-state index contributed by atoms with van der Waals surface area (Å²) in [6.07, 6.45) is 8.32. The summed E-state index contributed by atoms with van der Waals surface area (Å²) in [7, 11) is 0. The van der Waals surface area contributed by atoms with Crippen LogP contribution in [0.1, 0.15) is 30.7 Å². The zero-order chi connectivity index (χ0) is 13.7. The van der Waals surface area contributed by atoms with Gasteiger partial charge in [-0.1, -0.05) is 36.4 Å². The minimum Gasteiger partial charge on any atom is -0.461 e. The van der Waals surface area contributed by atoms with Crippen molar-refractivity contribution in [3.8, 4) is 5.75 Å². The van der Waals surface area contributed by atoms with E-state index < -0.39 is 0 Å². The standard InChI is InChI=1S/C18H20O/c1-4-9-14-15(10-5-2)17(11-6-3)19-18-13-8-7-12-16(14)18/h4-8,12-14H,1-3,9-11H2. The highest BCUT2D eigenvalue weighted by Gasteiger charge is 2.27. The average molecular weight is 252 g/mol. The highest BCUT2D eigenvalue weighted by Crippen LogP contribution is 2.43. The number of rotatable bonds is 6. The summed E-state index contributed by atoms with van der Waals surface area (Å²) >= 11 is 0. The smallest absolute Gasteiger partial charge is 0.130 e. The zero-order valence-corrected chi connectivity index (χ0v) is 11.3. The fourth-order valence-corrected chi connectivity index (χ4v) is 2.59. The number of allylic oxidation sites excluding steroid dienone is 4. The minimum atomic E-state index is 0.343. The third kappa shape index (κ3) is 2.70. The Morgan fingerprint density at radius 1 is 1.00 bits per heavy atom. The lowest BCUT2D eigenvalue weighted by Gasteiger charge is -2.29. The molecule has 0 amide bonds. The van der Waals surface area contributed by atoms with Crippen molar-refractivity contribution >= 4 is 0 Å². The van der Waals surface area contributed by atoms with Crippen molar-refractivity contribution in [2.75, 3.05) is 0 Å². The van der Waals surface area contributed by atoms with Gasteiger partial charge in [-0.25, -0.2) is 0 Å². The van der Waals surface area contributed by atoms with Gasteiger partial charge in [-0.3, -0.25) is 0 Å². The second-order valence-corrected chi connectivity index (χ2v) is 4.65. The lowest BCUT2D eigenvalue weighted by atomic mass is 9.83. The van der Waals surface area contributed by atoms with Crippen LogP contribution < -0.4 is 4.74 Å². The Morgan fingerprint density at radius 3 is 2.42 bits per heavy atom. The van der Waals surface area contributed by atoms with Crippen LogP contribution in [0.15, 0.2) is 73.6 Å². The second-order valence-electron chi connectivity index (χ2n) is 4.65. The number of benzene rings is 1. The van der Waals surface area contributed by atoms with Crippen LogP contribution in [0.25, 0.3) is 0 Å². The molecule has 1 atom stereocenters. The summed E-state index contributed by atoms with van der Waals surface area (Å²) in [5.74, 6) is 2.31. The van der Waals surface area contributed by atoms with Gasteiger partial charge in [0.1, 0.15) is 11.5 Å². The maximum Gasteiger partial charge on any atom is 0.130 e. The average Bonchev–Trinajstić information content (AvgIpc) is 2.43. The molecular formula is C18H20O. The molecule has 0 spiro atoms. The number of hydrogen-bond acceptors (Lipinski definition) is 1. The SMILES string of the molecule is C=CCC1=C(CC=C)C(CC=C)c2ccccc2O1. The van der Waals surface area contributed by atoms with Crippen LogP contribution in [-0.2, 0) is 0 Å². The zero-order valence-electron chi connectivity index (χ0n) is 11.3. The summed E-state index contributed by atoms with van der Waals surface area (Å²) in [6.45, 7) is 11.6. The predicted molar refractivity (Wildman–Crippen MR) is 81.3 cm³/mol. The van der Waals surface area contributed by atoms with Crippen molar-refractivity contribution in [2.24, 2.45) is 0 Å². The molecule has 0 saturated carbocycles. The van der Waals surface area contributed by atoms with E-state index in [4.69, 9.17) is 4.74 Å². The summed E-state index contributed by atoms with van der Waals surface area (Å²) in [4.78, 5) is 0. The first-order chi connectivity index (χ1) is 9.31. The van der Waals surface area contributed by atoms with Crippen molar-refractivity contribution in [3.63, 3.8) is 0 Å². The van der Waals surface area contributed by atoms with Crippen molar-refractivity contribution in [2.45, 2.75) is 25.2 Å². The molecule has 2 rings (SSSR count). The number of fused-ring (bicyclic) bond motifs is 1. The molecule has 0 aromatic heterocycles. The van der Waals surface area contributed by atoms with Crippen LogP contribution in [0.5, 0.6) is 5.75 Å². The maximum absolute atomic E-state index is 6.04. The predicted octanol–water partition coefficient (Wildman–Crippen LogP) is 5.15. The highest BCUT2D eigenvalue weighted by molar-refractivity contribution is 5.47. The van der Waals surface area contributed by atoms with Crippen molar-refractivity contribution in [3.05, 3.63) is 79.1 Å². The molecule has 1 heteroatoms. The van der Waals surface area contributed by atoms with Crippen molar-refractivity contribution in [1.29, 1.82) is 0 Å². The minimum absolute atomic E-state index is 0.343. The Bertz CT molecular complexity index is 522. The van der Waals surface area contributed by atoms with Crippen LogP contribution in [0.2, 0.25) is 0 Å². The molecule has 0 bridgehead atoms. The van der Waals surface area contributed by atoms with Crippen LogP contribution in [0.3, 0.4) is 0 Å². The van der Waals surface area contributed by atoms with E-state index in [9.17, 15) is 0 Å². The van der Waals surface area contributed by atoms with Crippen LogP contribution in [0, 0.1) is 0 Å². The fraction of sp³-hybridized carbons (Fsp3) is 0.222. The first-order valence-corrected chi connectivity index (χ1v) is 6.63. The molecule has 1 heterocycles. The largest absolute Gasteiger partial charge is 0.461 e. The third-order valence-corrected chi connectivity index (χ3v) is 3.40. The van der Waals surface area contributed by atoms with E-state index in [1.54, 1.807) is 0 Å². The van der Waals surface area contributed by atoms with Gasteiger partial charge in [0.05, 0.1) is 0 Å². The maximum atomic E-state index is 6.04. The molecule has 0 radical (unpaired) electrons. The normalized spacial score (nSPS) is 17.4. The molecule has 1 aliphatic rings. The number of ether oxygens (including phenoxy) is 1. The molecule has 98 valence electrons. The van der Waals surface area contributed by atoms with Crippen molar-refractivity contribution < 1.29 is 4.74 Å². The Kier molecular flexibility index (Phi) is 4.40. The first kappa shape index (κ1) is 13.4. The van der Waals surface area contributed by atoms with E-state index in [1.165, 1.54) is 11.1 Å². The topological polar surface area (TPSA) is 9.23 Å². The monoisotopic (exact) mass is 252 g/mol. The number of para-hydroxylation sites is 1. The molecule has 1 unspecified atom stereocenters. The van der Waals surface area contributed by atoms with Gasteiger partial charge in [-0.2, -0.15) is 0 Å². The molecule has 19 heavy (non-hydrogen) atoms. The van der Waals surface area contributed by atoms with Gasteiger partial charge >= 0.3 is 0 Å². The lowest BCUT2D eigenvalue weighted by molar-refractivity contribution is 0.378. The summed E-state index contributed by atoms with van der Waals surface area (Å²) in [6, 6.07) is 8.23. The van der Waals surface area contributed by atoms with E-state index in [0.717, 1.165) is 30.8 Å². The molecule has 0 fully saturated rings. The Hall–Kier alpha value is -2.02. The lowest BCUT2D eigenvalue weighted by Crippen LogP contribution is -2.15. The quantitative estimate of drug-likeness (QED) is 0.636. The van der Waals surface area contributed by atoms with Gasteiger partial charge in [-0.15, -0.1) is 19.7 Å². The molecule has 0 saturated heterocycles. The summed E-state index contributed by atoms with van der Waals surface area (Å²) < 4.78 is 6.04. The molecule has 1 aromatic rings. The molecule has 1 nitrogen and oxygen atoms in total. The van der Waals surface area contributed by atoms with Gasteiger partial charge in [-0.05, 0) is 24.5 Å². The molecular weight excluding hydrogens is 232 g/mol. The van der Waals surface area contributed by atoms with Crippen LogP contribution in [-0.4, -0.2) is 0 Å². The van der Waals surface area contributed by atoms with Gasteiger partial charge in [0.2, 0.25) is 0 Å². The van der Waals surface area contributed by atoms with E-state index in [1.807, 2.05) is 30.4 Å². The second kappa shape index (κ2) is 6.24. The fourth-order valence-electron chi connectivity index (χ4n) is 2.59. The van der Waals surface area contributed by atoms with Crippen LogP contribution >= 0.6 is 0 Å². The van der Waals surface area contributed by atoms with Gasteiger partial charge in [0.25, 0.3) is 0 Å². The summed E-state index contributed by atoms with van der Waals surface area (Å²) in [5.41, 5.74) is 2.54. The van der Waals surface area contributed by atoms with E-state index in [-0.39, 0.29) is 0 Å².